The summed E-state index contributed by atoms with van der Waals surface area (Å²) >= 11 is 0. The van der Waals surface area contributed by atoms with Crippen molar-refractivity contribution in [2.24, 2.45) is 58.2 Å². The summed E-state index contributed by atoms with van der Waals surface area (Å²) in [6.45, 7) is 12.5. The van der Waals surface area contributed by atoms with Crippen LogP contribution in [0.15, 0.2) is 0 Å². The molecule has 2 heteroatoms. The van der Waals surface area contributed by atoms with Gasteiger partial charge in [0.1, 0.15) is 0 Å². The van der Waals surface area contributed by atoms with Gasteiger partial charge in [-0.25, -0.2) is 0 Å². The Morgan fingerprint density at radius 2 is 1.60 bits per heavy atom. The number of hydrogen-bond acceptors (Lipinski definition) is 1. The molecule has 0 heterocycles. The molecule has 172 valence electrons. The van der Waals surface area contributed by atoms with E-state index >= 15 is 0 Å². The van der Waals surface area contributed by atoms with Gasteiger partial charge in [-0.1, -0.05) is 53.9 Å². The fourth-order valence-electron chi connectivity index (χ4n) is 9.51. The molecule has 0 aromatic rings. The maximum atomic E-state index is 11.6. The summed E-state index contributed by atoms with van der Waals surface area (Å²) in [6.07, 6.45) is 15.7. The molecule has 0 amide bonds. The van der Waals surface area contributed by atoms with Crippen molar-refractivity contribution in [3.63, 3.8) is 0 Å². The van der Waals surface area contributed by atoms with Crippen LogP contribution >= 0.6 is 0 Å². The third-order valence-electron chi connectivity index (χ3n) is 11.2. The second kappa shape index (κ2) is 8.43. The van der Waals surface area contributed by atoms with Gasteiger partial charge in [0.25, 0.3) is 0 Å². The minimum Gasteiger partial charge on any atom is -0.481 e. The Kier molecular flexibility index (Phi) is 6.37. The summed E-state index contributed by atoms with van der Waals surface area (Å²) in [5, 5.41) is 9.57. The van der Waals surface area contributed by atoms with Crippen molar-refractivity contribution in [1.82, 2.24) is 0 Å². The van der Waals surface area contributed by atoms with Crippen molar-refractivity contribution in [3.05, 3.63) is 0 Å². The number of rotatable bonds is 6. The third-order valence-corrected chi connectivity index (χ3v) is 11.2. The van der Waals surface area contributed by atoms with E-state index in [2.05, 4.69) is 34.6 Å². The average molecular weight is 417 g/mol. The lowest BCUT2D eigenvalue weighted by Crippen LogP contribution is -2.54. The summed E-state index contributed by atoms with van der Waals surface area (Å²) in [7, 11) is 0. The Balaban J connectivity index is 1.45. The molecule has 2 nitrogen and oxygen atoms in total. The highest BCUT2D eigenvalue weighted by Gasteiger charge is 2.60. The Hall–Kier alpha value is -0.530. The molecule has 0 aromatic heterocycles. The smallest absolute Gasteiger partial charge is 0.306 e. The summed E-state index contributed by atoms with van der Waals surface area (Å²) in [4.78, 5) is 11.6. The summed E-state index contributed by atoms with van der Waals surface area (Å²) < 4.78 is 0. The lowest BCUT2D eigenvalue weighted by Gasteiger charge is -2.61. The molecule has 9 unspecified atom stereocenters. The van der Waals surface area contributed by atoms with Crippen LogP contribution in [-0.4, -0.2) is 11.1 Å². The Labute approximate surface area is 186 Å². The maximum Gasteiger partial charge on any atom is 0.306 e. The summed E-state index contributed by atoms with van der Waals surface area (Å²) in [5.74, 6) is 5.41. The van der Waals surface area contributed by atoms with Crippen molar-refractivity contribution in [2.45, 2.75) is 112 Å². The van der Waals surface area contributed by atoms with Crippen LogP contribution < -0.4 is 0 Å². The standard InChI is InChI=1S/C28H48O2/c1-18(2)7-6-8-19(3)23-11-12-24-22-10-9-21-17-20(26(29)30)13-15-27(21,4)25(22)14-16-28(23,24)5/h18-25H,6-17H2,1-5H3,(H,29,30). The molecule has 0 radical (unpaired) electrons. The molecule has 0 aliphatic heterocycles. The van der Waals surface area contributed by atoms with Gasteiger partial charge in [0.2, 0.25) is 0 Å². The van der Waals surface area contributed by atoms with Gasteiger partial charge in [0.05, 0.1) is 5.92 Å². The predicted molar refractivity (Wildman–Crippen MR) is 124 cm³/mol. The van der Waals surface area contributed by atoms with Gasteiger partial charge >= 0.3 is 5.97 Å². The summed E-state index contributed by atoms with van der Waals surface area (Å²) in [5.41, 5.74) is 0.983. The van der Waals surface area contributed by atoms with Gasteiger partial charge in [0.15, 0.2) is 0 Å². The zero-order valence-corrected chi connectivity index (χ0v) is 20.5. The highest BCUT2D eigenvalue weighted by Crippen LogP contribution is 2.68. The molecule has 4 fully saturated rings. The van der Waals surface area contributed by atoms with E-state index in [0.717, 1.165) is 54.8 Å². The van der Waals surface area contributed by atoms with Crippen LogP contribution in [-0.2, 0) is 4.79 Å². The molecule has 4 aliphatic carbocycles. The van der Waals surface area contributed by atoms with Gasteiger partial charge in [-0.05, 0) is 110 Å². The average Bonchev–Trinajstić information content (AvgIpc) is 3.04. The van der Waals surface area contributed by atoms with Crippen LogP contribution in [0.1, 0.15) is 112 Å². The molecule has 30 heavy (non-hydrogen) atoms. The molecular formula is C28H48O2. The fourth-order valence-corrected chi connectivity index (χ4v) is 9.51. The largest absolute Gasteiger partial charge is 0.481 e. The zero-order valence-electron chi connectivity index (χ0n) is 20.5. The first-order valence-corrected chi connectivity index (χ1v) is 13.4. The first-order valence-electron chi connectivity index (χ1n) is 13.4. The van der Waals surface area contributed by atoms with Crippen LogP contribution in [0, 0.1) is 58.2 Å². The van der Waals surface area contributed by atoms with Crippen LogP contribution in [0.25, 0.3) is 0 Å². The third kappa shape index (κ3) is 3.77. The highest BCUT2D eigenvalue weighted by molar-refractivity contribution is 5.70. The van der Waals surface area contributed by atoms with E-state index in [1.54, 1.807) is 0 Å². The molecule has 4 aliphatic rings. The molecule has 0 bridgehead atoms. The zero-order chi connectivity index (χ0) is 21.7. The monoisotopic (exact) mass is 416 g/mol. The molecule has 1 N–H and O–H groups in total. The number of carboxylic acid groups (broad SMARTS) is 1. The van der Waals surface area contributed by atoms with Gasteiger partial charge < -0.3 is 5.11 Å². The highest BCUT2D eigenvalue weighted by atomic mass is 16.4. The fraction of sp³-hybridized carbons (Fsp3) is 0.964. The number of hydrogen-bond donors (Lipinski definition) is 1. The second-order valence-corrected chi connectivity index (χ2v) is 13.0. The topological polar surface area (TPSA) is 37.3 Å². The Bertz CT molecular complexity index is 626. The normalized spacial score (nSPS) is 46.7. The van der Waals surface area contributed by atoms with Gasteiger partial charge in [-0.3, -0.25) is 4.79 Å². The van der Waals surface area contributed by atoms with Crippen molar-refractivity contribution in [3.8, 4) is 0 Å². The van der Waals surface area contributed by atoms with E-state index in [0.29, 0.717) is 16.7 Å². The number of carbonyl (C=O) groups is 1. The SMILES string of the molecule is CC(C)CCCC(C)C1CCC2C3CCC4CC(C(=O)O)CCC4(C)C3CCC12C. The van der Waals surface area contributed by atoms with E-state index in [9.17, 15) is 9.90 Å². The van der Waals surface area contributed by atoms with E-state index in [4.69, 9.17) is 0 Å². The maximum absolute atomic E-state index is 11.6. The van der Waals surface area contributed by atoms with Gasteiger partial charge in [0, 0.05) is 0 Å². The molecule has 0 saturated heterocycles. The summed E-state index contributed by atoms with van der Waals surface area (Å²) in [6, 6.07) is 0. The Morgan fingerprint density at radius 3 is 2.30 bits per heavy atom. The molecule has 0 spiro atoms. The van der Waals surface area contributed by atoms with Crippen molar-refractivity contribution in [2.75, 3.05) is 0 Å². The van der Waals surface area contributed by atoms with Crippen molar-refractivity contribution >= 4 is 5.97 Å². The van der Waals surface area contributed by atoms with Crippen LogP contribution in [0.2, 0.25) is 0 Å². The van der Waals surface area contributed by atoms with E-state index < -0.39 is 5.97 Å². The predicted octanol–water partition coefficient (Wildman–Crippen LogP) is 7.81. The second-order valence-electron chi connectivity index (χ2n) is 13.0. The van der Waals surface area contributed by atoms with Crippen LogP contribution in [0.5, 0.6) is 0 Å². The number of fused-ring (bicyclic) bond motifs is 5. The lowest BCUT2D eigenvalue weighted by atomic mass is 9.44. The molecule has 9 atom stereocenters. The van der Waals surface area contributed by atoms with Crippen LogP contribution in [0.4, 0.5) is 0 Å². The molecular weight excluding hydrogens is 368 g/mol. The quantitative estimate of drug-likeness (QED) is 0.479. The first-order chi connectivity index (χ1) is 14.2. The Morgan fingerprint density at radius 1 is 0.900 bits per heavy atom. The minimum absolute atomic E-state index is 0.0731. The van der Waals surface area contributed by atoms with Gasteiger partial charge in [-0.2, -0.15) is 0 Å². The molecule has 4 saturated carbocycles. The van der Waals surface area contributed by atoms with Gasteiger partial charge in [-0.15, -0.1) is 0 Å². The molecule has 0 aromatic carbocycles. The number of aliphatic carboxylic acids is 1. The van der Waals surface area contributed by atoms with E-state index in [-0.39, 0.29) is 5.92 Å². The van der Waals surface area contributed by atoms with E-state index in [1.807, 2.05) is 0 Å². The number of carboxylic acids is 1. The molecule has 4 rings (SSSR count). The van der Waals surface area contributed by atoms with E-state index in [1.165, 1.54) is 57.8 Å². The first kappa shape index (κ1) is 22.7. The van der Waals surface area contributed by atoms with Crippen molar-refractivity contribution in [1.29, 1.82) is 0 Å². The lowest BCUT2D eigenvalue weighted by molar-refractivity contribution is -0.152. The van der Waals surface area contributed by atoms with Crippen LogP contribution in [0.3, 0.4) is 0 Å². The van der Waals surface area contributed by atoms with Crippen molar-refractivity contribution < 1.29 is 9.90 Å². The minimum atomic E-state index is -0.541.